The number of likely N-dealkylation sites (N-methyl/N-ethyl adjacent to an activating group) is 1. The van der Waals surface area contributed by atoms with Crippen LogP contribution in [0.25, 0.3) is 0 Å². The molecular formula is C14H17N3O2S. The summed E-state index contributed by atoms with van der Waals surface area (Å²) in [6.45, 7) is 2.47. The summed E-state index contributed by atoms with van der Waals surface area (Å²) in [7, 11) is 0. The number of rotatable bonds is 7. The van der Waals surface area contributed by atoms with E-state index in [1.54, 1.807) is 12.4 Å². The van der Waals surface area contributed by atoms with Crippen molar-refractivity contribution < 1.29 is 9.90 Å². The Morgan fingerprint density at radius 2 is 2.20 bits per heavy atom. The van der Waals surface area contributed by atoms with Crippen LogP contribution in [0.4, 0.5) is 0 Å². The van der Waals surface area contributed by atoms with Gasteiger partial charge in [0, 0.05) is 18.1 Å². The number of imidazole rings is 1. The predicted molar refractivity (Wildman–Crippen MR) is 78.7 cm³/mol. The Balaban J connectivity index is 2.29. The molecule has 0 amide bonds. The Morgan fingerprint density at radius 1 is 1.45 bits per heavy atom. The fraction of sp³-hybridized carbons (Fsp3) is 0.286. The SMILES string of the molecule is CCNC(CSc1ncc[nH]1)(C(=O)O)c1ccccc1. The third-order valence-electron chi connectivity index (χ3n) is 3.01. The summed E-state index contributed by atoms with van der Waals surface area (Å²) in [5, 5.41) is 13.6. The van der Waals surface area contributed by atoms with E-state index in [0.29, 0.717) is 17.5 Å². The molecule has 1 unspecified atom stereocenters. The first kappa shape index (κ1) is 14.6. The molecular weight excluding hydrogens is 274 g/mol. The molecule has 1 atom stereocenters. The van der Waals surface area contributed by atoms with E-state index < -0.39 is 11.5 Å². The van der Waals surface area contributed by atoms with Gasteiger partial charge in [0.2, 0.25) is 0 Å². The zero-order valence-corrected chi connectivity index (χ0v) is 12.0. The lowest BCUT2D eigenvalue weighted by molar-refractivity contribution is -0.144. The molecule has 0 spiro atoms. The number of thioether (sulfide) groups is 1. The van der Waals surface area contributed by atoms with E-state index >= 15 is 0 Å². The van der Waals surface area contributed by atoms with Gasteiger partial charge in [-0.05, 0) is 12.1 Å². The molecule has 0 saturated heterocycles. The lowest BCUT2D eigenvalue weighted by atomic mass is 9.92. The van der Waals surface area contributed by atoms with Gasteiger partial charge in [-0.15, -0.1) is 0 Å². The molecule has 1 aromatic heterocycles. The average molecular weight is 291 g/mol. The van der Waals surface area contributed by atoms with Gasteiger partial charge in [-0.1, -0.05) is 49.0 Å². The number of carboxylic acids is 1. The number of carboxylic acid groups (broad SMARTS) is 1. The highest BCUT2D eigenvalue weighted by Gasteiger charge is 2.39. The van der Waals surface area contributed by atoms with Crippen LogP contribution in [-0.2, 0) is 10.3 Å². The summed E-state index contributed by atoms with van der Waals surface area (Å²) in [4.78, 5) is 19.0. The smallest absolute Gasteiger partial charge is 0.329 e. The monoisotopic (exact) mass is 291 g/mol. The van der Waals surface area contributed by atoms with Gasteiger partial charge in [0.1, 0.15) is 0 Å². The van der Waals surface area contributed by atoms with Crippen LogP contribution in [-0.4, -0.2) is 33.3 Å². The lowest BCUT2D eigenvalue weighted by Crippen LogP contribution is -2.51. The van der Waals surface area contributed by atoms with Crippen LogP contribution in [0.15, 0.2) is 47.9 Å². The highest BCUT2D eigenvalue weighted by Crippen LogP contribution is 2.28. The minimum Gasteiger partial charge on any atom is -0.480 e. The van der Waals surface area contributed by atoms with Gasteiger partial charge < -0.3 is 10.1 Å². The first-order valence-corrected chi connectivity index (χ1v) is 7.33. The fourth-order valence-electron chi connectivity index (χ4n) is 2.03. The van der Waals surface area contributed by atoms with Gasteiger partial charge in [0.25, 0.3) is 0 Å². The molecule has 5 nitrogen and oxygen atoms in total. The standard InChI is InChI=1S/C14H17N3O2S/c1-2-17-14(12(18)19,11-6-4-3-5-7-11)10-20-13-15-8-9-16-13/h3-9,17H,2,10H2,1H3,(H,15,16)(H,18,19). The number of aromatic amines is 1. The van der Waals surface area contributed by atoms with Crippen molar-refractivity contribution in [2.24, 2.45) is 0 Å². The summed E-state index contributed by atoms with van der Waals surface area (Å²) in [5.41, 5.74) is -0.374. The van der Waals surface area contributed by atoms with Gasteiger partial charge in [-0.25, -0.2) is 9.78 Å². The number of H-pyrrole nitrogens is 1. The number of nitrogens with one attached hydrogen (secondary N) is 2. The van der Waals surface area contributed by atoms with Crippen LogP contribution in [0, 0.1) is 0 Å². The van der Waals surface area contributed by atoms with Crippen LogP contribution in [0.2, 0.25) is 0 Å². The second kappa shape index (κ2) is 6.58. The van der Waals surface area contributed by atoms with Crippen LogP contribution < -0.4 is 5.32 Å². The Kier molecular flexibility index (Phi) is 4.81. The Bertz CT molecular complexity index is 545. The number of aliphatic carboxylic acids is 1. The number of aromatic nitrogens is 2. The molecule has 3 N–H and O–H groups in total. The summed E-state index contributed by atoms with van der Waals surface area (Å²) in [6, 6.07) is 9.24. The number of hydrogen-bond acceptors (Lipinski definition) is 4. The normalized spacial score (nSPS) is 13.8. The van der Waals surface area contributed by atoms with Crippen molar-refractivity contribution in [3.05, 3.63) is 48.3 Å². The van der Waals surface area contributed by atoms with E-state index in [1.807, 2.05) is 37.3 Å². The Labute approximate surface area is 121 Å². The van der Waals surface area contributed by atoms with E-state index in [1.165, 1.54) is 11.8 Å². The number of nitrogens with zero attached hydrogens (tertiary/aromatic N) is 1. The highest BCUT2D eigenvalue weighted by molar-refractivity contribution is 7.99. The van der Waals surface area contributed by atoms with Crippen LogP contribution in [0.5, 0.6) is 0 Å². The molecule has 0 aliphatic heterocycles. The van der Waals surface area contributed by atoms with Crippen molar-refractivity contribution in [3.8, 4) is 0 Å². The summed E-state index contributed by atoms with van der Waals surface area (Å²) >= 11 is 1.39. The molecule has 6 heteroatoms. The van der Waals surface area contributed by atoms with E-state index in [4.69, 9.17) is 0 Å². The van der Waals surface area contributed by atoms with Crippen molar-refractivity contribution in [3.63, 3.8) is 0 Å². The topological polar surface area (TPSA) is 78.0 Å². The largest absolute Gasteiger partial charge is 0.480 e. The minimum absolute atomic E-state index is 0.355. The third-order valence-corrected chi connectivity index (χ3v) is 4.08. The molecule has 2 rings (SSSR count). The molecule has 0 aliphatic carbocycles. The van der Waals surface area contributed by atoms with Crippen molar-refractivity contribution in [2.75, 3.05) is 12.3 Å². The van der Waals surface area contributed by atoms with Gasteiger partial charge in [0.15, 0.2) is 10.7 Å². The van der Waals surface area contributed by atoms with Crippen molar-refractivity contribution in [1.82, 2.24) is 15.3 Å². The molecule has 1 aromatic carbocycles. The molecule has 0 bridgehead atoms. The molecule has 1 heterocycles. The maximum Gasteiger partial charge on any atom is 0.329 e. The maximum absolute atomic E-state index is 11.9. The molecule has 0 aliphatic rings. The highest BCUT2D eigenvalue weighted by atomic mass is 32.2. The lowest BCUT2D eigenvalue weighted by Gasteiger charge is -2.30. The van der Waals surface area contributed by atoms with E-state index in [-0.39, 0.29) is 0 Å². The van der Waals surface area contributed by atoms with E-state index in [9.17, 15) is 9.90 Å². The number of benzene rings is 1. The average Bonchev–Trinajstić information content (AvgIpc) is 2.97. The predicted octanol–water partition coefficient (Wildman–Crippen LogP) is 2.09. The maximum atomic E-state index is 11.9. The Morgan fingerprint density at radius 3 is 2.75 bits per heavy atom. The van der Waals surface area contributed by atoms with Gasteiger partial charge in [0.05, 0.1) is 0 Å². The van der Waals surface area contributed by atoms with Crippen LogP contribution in [0.3, 0.4) is 0 Å². The molecule has 106 valence electrons. The van der Waals surface area contributed by atoms with Gasteiger partial charge in [-0.3, -0.25) is 5.32 Å². The molecule has 0 fully saturated rings. The molecule has 0 saturated carbocycles. The Hall–Kier alpha value is -1.79. The summed E-state index contributed by atoms with van der Waals surface area (Å²) in [6.07, 6.45) is 3.38. The van der Waals surface area contributed by atoms with Gasteiger partial charge in [-0.2, -0.15) is 0 Å². The van der Waals surface area contributed by atoms with Crippen molar-refractivity contribution in [2.45, 2.75) is 17.6 Å². The molecule has 2 aromatic rings. The van der Waals surface area contributed by atoms with Crippen LogP contribution >= 0.6 is 11.8 Å². The number of carbonyl (C=O) groups is 1. The number of hydrogen-bond donors (Lipinski definition) is 3. The summed E-state index contributed by atoms with van der Waals surface area (Å²) in [5.74, 6) is -0.530. The van der Waals surface area contributed by atoms with Crippen LogP contribution in [0.1, 0.15) is 12.5 Å². The first-order valence-electron chi connectivity index (χ1n) is 6.35. The fourth-order valence-corrected chi connectivity index (χ4v) is 3.06. The van der Waals surface area contributed by atoms with E-state index in [2.05, 4.69) is 15.3 Å². The third kappa shape index (κ3) is 3.02. The first-order chi connectivity index (χ1) is 9.69. The second-order valence-electron chi connectivity index (χ2n) is 4.29. The van der Waals surface area contributed by atoms with E-state index in [0.717, 1.165) is 5.56 Å². The zero-order valence-electron chi connectivity index (χ0n) is 11.2. The summed E-state index contributed by atoms with van der Waals surface area (Å²) < 4.78 is 0. The quantitative estimate of drug-likeness (QED) is 0.681. The van der Waals surface area contributed by atoms with Gasteiger partial charge >= 0.3 is 5.97 Å². The minimum atomic E-state index is -1.12. The van der Waals surface area contributed by atoms with Crippen molar-refractivity contribution in [1.29, 1.82) is 0 Å². The second-order valence-corrected chi connectivity index (χ2v) is 5.25. The molecule has 0 radical (unpaired) electrons. The zero-order chi connectivity index (χ0) is 14.4. The van der Waals surface area contributed by atoms with Crippen molar-refractivity contribution >= 4 is 17.7 Å². The molecule has 20 heavy (non-hydrogen) atoms.